The highest BCUT2D eigenvalue weighted by Crippen LogP contribution is 1.82. The fourth-order valence-corrected chi connectivity index (χ4v) is 0.862. The summed E-state index contributed by atoms with van der Waals surface area (Å²) in [4.78, 5) is 0. The maximum atomic E-state index is 10.5. The van der Waals surface area contributed by atoms with E-state index in [-0.39, 0.29) is 0 Å². The SMILES string of the molecule is COCC[Si](=O)OC. The molecule has 0 saturated heterocycles. The minimum absolute atomic E-state index is 0.519. The molecule has 0 aromatic rings. The molecular formula is C4H10O3Si. The second-order valence-electron chi connectivity index (χ2n) is 1.32. The molecule has 0 aromatic carbocycles. The van der Waals surface area contributed by atoms with Gasteiger partial charge in [0.15, 0.2) is 0 Å². The number of ether oxygens (including phenoxy) is 1. The molecule has 0 spiro atoms. The van der Waals surface area contributed by atoms with Crippen LogP contribution in [0.2, 0.25) is 6.04 Å². The van der Waals surface area contributed by atoms with Crippen LogP contribution in [-0.2, 0) is 13.6 Å². The molecule has 0 aliphatic rings. The van der Waals surface area contributed by atoms with Crippen LogP contribution in [0.15, 0.2) is 0 Å². The van der Waals surface area contributed by atoms with Gasteiger partial charge in [0, 0.05) is 7.11 Å². The van der Waals surface area contributed by atoms with Gasteiger partial charge in [0.25, 0.3) is 0 Å². The molecular weight excluding hydrogens is 124 g/mol. The maximum Gasteiger partial charge on any atom is 0.504 e. The van der Waals surface area contributed by atoms with Crippen LogP contribution in [0.3, 0.4) is 0 Å². The zero-order valence-corrected chi connectivity index (χ0v) is 6.14. The highest BCUT2D eigenvalue weighted by atomic mass is 28.3. The minimum atomic E-state index is -1.77. The summed E-state index contributed by atoms with van der Waals surface area (Å²) >= 11 is 0. The van der Waals surface area contributed by atoms with Gasteiger partial charge in [-0.1, -0.05) is 0 Å². The van der Waals surface area contributed by atoms with Gasteiger partial charge in [-0.25, -0.2) is 0 Å². The van der Waals surface area contributed by atoms with Crippen LogP contribution in [-0.4, -0.2) is 29.8 Å². The van der Waals surface area contributed by atoms with Gasteiger partial charge in [-0.05, 0) is 0 Å². The van der Waals surface area contributed by atoms with E-state index in [1.807, 2.05) is 0 Å². The van der Waals surface area contributed by atoms with Crippen molar-refractivity contribution in [2.24, 2.45) is 0 Å². The highest BCUT2D eigenvalue weighted by molar-refractivity contribution is 6.34. The third-order valence-corrected chi connectivity index (χ3v) is 1.81. The maximum absolute atomic E-state index is 10.5. The Morgan fingerprint density at radius 2 is 2.12 bits per heavy atom. The Morgan fingerprint density at radius 3 is 2.50 bits per heavy atom. The summed E-state index contributed by atoms with van der Waals surface area (Å²) in [5.41, 5.74) is 0. The molecule has 0 bridgehead atoms. The molecule has 0 fully saturated rings. The van der Waals surface area contributed by atoms with Gasteiger partial charge in [0.05, 0.1) is 19.8 Å². The number of rotatable bonds is 4. The smallest absolute Gasteiger partial charge is 0.504 e. The first kappa shape index (κ1) is 7.78. The van der Waals surface area contributed by atoms with Crippen LogP contribution in [0.4, 0.5) is 0 Å². The first-order valence-corrected chi connectivity index (χ1v) is 3.89. The van der Waals surface area contributed by atoms with Crippen molar-refractivity contribution >= 4 is 8.93 Å². The summed E-state index contributed by atoms with van der Waals surface area (Å²) in [5, 5.41) is 0. The Morgan fingerprint density at radius 1 is 1.50 bits per heavy atom. The molecule has 0 radical (unpaired) electrons. The minimum Gasteiger partial charge on any atom is -0.527 e. The monoisotopic (exact) mass is 134 g/mol. The van der Waals surface area contributed by atoms with Crippen molar-refractivity contribution in [3.8, 4) is 0 Å². The molecule has 48 valence electrons. The van der Waals surface area contributed by atoms with Gasteiger partial charge >= 0.3 is 8.93 Å². The highest BCUT2D eigenvalue weighted by Gasteiger charge is 2.01. The first-order valence-electron chi connectivity index (χ1n) is 2.37. The summed E-state index contributed by atoms with van der Waals surface area (Å²) < 4.78 is 19.6. The Kier molecular flexibility index (Phi) is 4.79. The lowest BCUT2D eigenvalue weighted by Gasteiger charge is -1.93. The van der Waals surface area contributed by atoms with Crippen molar-refractivity contribution in [2.75, 3.05) is 20.8 Å². The zero-order valence-electron chi connectivity index (χ0n) is 5.14. The predicted octanol–water partition coefficient (Wildman–Crippen LogP) is 0.198. The molecule has 0 unspecified atom stereocenters. The van der Waals surface area contributed by atoms with Gasteiger partial charge in [-0.2, -0.15) is 0 Å². The third-order valence-electron chi connectivity index (χ3n) is 0.738. The van der Waals surface area contributed by atoms with Gasteiger partial charge < -0.3 is 13.6 Å². The average molecular weight is 134 g/mol. The summed E-state index contributed by atoms with van der Waals surface area (Å²) in [6.45, 7) is 0.519. The molecule has 0 heterocycles. The van der Waals surface area contributed by atoms with E-state index in [0.29, 0.717) is 12.7 Å². The summed E-state index contributed by atoms with van der Waals surface area (Å²) in [5.74, 6) is 0. The lowest BCUT2D eigenvalue weighted by molar-refractivity contribution is 0.208. The van der Waals surface area contributed by atoms with E-state index in [9.17, 15) is 4.46 Å². The fraction of sp³-hybridized carbons (Fsp3) is 1.00. The molecule has 3 nitrogen and oxygen atoms in total. The molecule has 0 amide bonds. The number of hydrogen-bond acceptors (Lipinski definition) is 3. The zero-order chi connectivity index (χ0) is 6.41. The van der Waals surface area contributed by atoms with Gasteiger partial charge in [-0.15, -0.1) is 0 Å². The van der Waals surface area contributed by atoms with Crippen molar-refractivity contribution in [3.05, 3.63) is 0 Å². The second-order valence-corrected chi connectivity index (χ2v) is 2.97. The summed E-state index contributed by atoms with van der Waals surface area (Å²) in [7, 11) is 1.25. The summed E-state index contributed by atoms with van der Waals surface area (Å²) in [6, 6.07) is 0.525. The third kappa shape index (κ3) is 3.95. The van der Waals surface area contributed by atoms with Gasteiger partial charge in [0.1, 0.15) is 0 Å². The van der Waals surface area contributed by atoms with Crippen LogP contribution in [0, 0.1) is 0 Å². The first-order chi connectivity index (χ1) is 3.81. The fourth-order valence-electron chi connectivity index (χ4n) is 0.287. The van der Waals surface area contributed by atoms with Gasteiger partial charge in [-0.3, -0.25) is 0 Å². The van der Waals surface area contributed by atoms with Crippen molar-refractivity contribution in [2.45, 2.75) is 6.04 Å². The lowest BCUT2D eigenvalue weighted by Crippen LogP contribution is -2.05. The molecule has 4 heteroatoms. The van der Waals surface area contributed by atoms with Crippen molar-refractivity contribution in [1.82, 2.24) is 0 Å². The standard InChI is InChI=1S/C4H10O3Si/c1-6-3-4-8(5)7-2/h3-4H2,1-2H3. The Labute approximate surface area is 50.4 Å². The quantitative estimate of drug-likeness (QED) is 0.515. The normalized spacial score (nSPS) is 8.75. The van der Waals surface area contributed by atoms with Crippen LogP contribution in [0.1, 0.15) is 0 Å². The van der Waals surface area contributed by atoms with Crippen LogP contribution >= 0.6 is 0 Å². The van der Waals surface area contributed by atoms with E-state index < -0.39 is 8.93 Å². The van der Waals surface area contributed by atoms with E-state index >= 15 is 0 Å². The Bertz CT molecular complexity index is 73.7. The Balaban J connectivity index is 2.99. The molecule has 0 aliphatic heterocycles. The van der Waals surface area contributed by atoms with Crippen LogP contribution in [0.25, 0.3) is 0 Å². The van der Waals surface area contributed by atoms with E-state index in [4.69, 9.17) is 0 Å². The average Bonchev–Trinajstić information content (AvgIpc) is 1.83. The molecule has 0 aliphatic carbocycles. The van der Waals surface area contributed by atoms with E-state index in [0.717, 1.165) is 0 Å². The van der Waals surface area contributed by atoms with Crippen molar-refractivity contribution < 1.29 is 13.6 Å². The number of methoxy groups -OCH3 is 1. The Hall–Kier alpha value is -0.223. The van der Waals surface area contributed by atoms with Crippen molar-refractivity contribution in [1.29, 1.82) is 0 Å². The molecule has 0 saturated carbocycles. The lowest BCUT2D eigenvalue weighted by atomic mass is 10.9. The molecule has 0 rings (SSSR count). The van der Waals surface area contributed by atoms with Crippen LogP contribution in [0.5, 0.6) is 0 Å². The largest absolute Gasteiger partial charge is 0.527 e. The van der Waals surface area contributed by atoms with E-state index in [1.165, 1.54) is 7.11 Å². The molecule has 0 atom stereocenters. The van der Waals surface area contributed by atoms with Gasteiger partial charge in [0.2, 0.25) is 0 Å². The van der Waals surface area contributed by atoms with E-state index in [2.05, 4.69) is 9.16 Å². The summed E-state index contributed by atoms with van der Waals surface area (Å²) in [6.07, 6.45) is 0. The molecule has 0 N–H and O–H groups in total. The second kappa shape index (κ2) is 4.92. The predicted molar refractivity (Wildman–Crippen MR) is 30.1 cm³/mol. The number of hydrogen-bond donors (Lipinski definition) is 0. The topological polar surface area (TPSA) is 35.5 Å². The molecule has 0 aromatic heterocycles. The molecule has 8 heavy (non-hydrogen) atoms. The van der Waals surface area contributed by atoms with E-state index in [1.54, 1.807) is 7.11 Å². The van der Waals surface area contributed by atoms with Crippen LogP contribution < -0.4 is 0 Å². The van der Waals surface area contributed by atoms with Crippen molar-refractivity contribution in [3.63, 3.8) is 0 Å².